The third-order valence-corrected chi connectivity index (χ3v) is 6.16. The van der Waals surface area contributed by atoms with Crippen LogP contribution >= 0.6 is 11.3 Å². The van der Waals surface area contributed by atoms with Crippen LogP contribution in [0.1, 0.15) is 28.1 Å². The number of aliphatic hydroxyl groups excluding tert-OH is 2. The Morgan fingerprint density at radius 2 is 2.14 bits per heavy atom. The summed E-state index contributed by atoms with van der Waals surface area (Å²) < 4.78 is 19.6. The maximum absolute atomic E-state index is 13.8. The second-order valence-electron chi connectivity index (χ2n) is 6.88. The number of benzene rings is 1. The van der Waals surface area contributed by atoms with Crippen molar-refractivity contribution in [2.24, 2.45) is 5.73 Å². The molecule has 0 spiro atoms. The molecule has 0 saturated heterocycles. The number of hydrogen-bond acceptors (Lipinski definition) is 8. The summed E-state index contributed by atoms with van der Waals surface area (Å²) in [6.45, 7) is 1.76. The molecule has 1 amide bonds. The van der Waals surface area contributed by atoms with Crippen LogP contribution in [-0.4, -0.2) is 44.4 Å². The van der Waals surface area contributed by atoms with Gasteiger partial charge in [-0.25, -0.2) is 14.4 Å². The number of rotatable bonds is 5. The van der Waals surface area contributed by atoms with Crippen molar-refractivity contribution in [3.8, 4) is 5.75 Å². The number of aliphatic hydroxyl groups is 2. The van der Waals surface area contributed by atoms with E-state index in [4.69, 9.17) is 10.5 Å². The van der Waals surface area contributed by atoms with Gasteiger partial charge in [0.1, 0.15) is 40.8 Å². The summed E-state index contributed by atoms with van der Waals surface area (Å²) in [4.78, 5) is 21.1. The van der Waals surface area contributed by atoms with Crippen molar-refractivity contribution in [1.82, 2.24) is 9.97 Å². The van der Waals surface area contributed by atoms with E-state index in [9.17, 15) is 19.4 Å². The molecule has 3 aromatic rings. The first kappa shape index (κ1) is 19.5. The van der Waals surface area contributed by atoms with Crippen molar-refractivity contribution >= 4 is 39.0 Å². The molecule has 5 N–H and O–H groups in total. The van der Waals surface area contributed by atoms with Gasteiger partial charge in [0.25, 0.3) is 5.91 Å². The smallest absolute Gasteiger partial charge is 0.259 e. The van der Waals surface area contributed by atoms with Gasteiger partial charge in [0.05, 0.1) is 22.1 Å². The van der Waals surface area contributed by atoms with Gasteiger partial charge in [-0.15, -0.1) is 11.3 Å². The molecule has 1 aliphatic rings. The Balaban J connectivity index is 1.71. The van der Waals surface area contributed by atoms with Crippen LogP contribution in [0.4, 0.5) is 15.9 Å². The van der Waals surface area contributed by atoms with Gasteiger partial charge in [0.15, 0.2) is 0 Å². The van der Waals surface area contributed by atoms with E-state index < -0.39 is 30.0 Å². The lowest BCUT2D eigenvalue weighted by Crippen LogP contribution is -2.32. The molecule has 4 rings (SSSR count). The van der Waals surface area contributed by atoms with Gasteiger partial charge in [-0.2, -0.15) is 0 Å². The molecule has 152 valence electrons. The minimum atomic E-state index is -1.05. The SMILES string of the molecule is Cc1c(C(N)=O)sc2ncnc(Nc3ccc(F)cc3OC3CC[C@@H](O)[C@H]3O)c12. The molecule has 1 unspecified atom stereocenters. The lowest BCUT2D eigenvalue weighted by atomic mass is 10.2. The van der Waals surface area contributed by atoms with E-state index in [1.54, 1.807) is 6.92 Å². The van der Waals surface area contributed by atoms with Gasteiger partial charge in [-0.05, 0) is 37.5 Å². The number of amides is 1. The number of nitrogens with zero attached hydrogens (tertiary/aromatic N) is 2. The Morgan fingerprint density at radius 3 is 2.83 bits per heavy atom. The second kappa shape index (κ2) is 7.54. The minimum Gasteiger partial charge on any atom is -0.485 e. The maximum atomic E-state index is 13.8. The Morgan fingerprint density at radius 1 is 1.34 bits per heavy atom. The van der Waals surface area contributed by atoms with Gasteiger partial charge in [-0.3, -0.25) is 4.79 Å². The van der Waals surface area contributed by atoms with Crippen LogP contribution in [-0.2, 0) is 0 Å². The van der Waals surface area contributed by atoms with Crippen molar-refractivity contribution in [2.45, 2.75) is 38.1 Å². The number of nitrogens with two attached hydrogens (primary N) is 1. The van der Waals surface area contributed by atoms with Gasteiger partial charge in [-0.1, -0.05) is 0 Å². The van der Waals surface area contributed by atoms with Crippen LogP contribution in [0.3, 0.4) is 0 Å². The lowest BCUT2D eigenvalue weighted by Gasteiger charge is -2.21. The Labute approximate surface area is 169 Å². The van der Waals surface area contributed by atoms with Crippen LogP contribution in [0.15, 0.2) is 24.5 Å². The van der Waals surface area contributed by atoms with E-state index in [-0.39, 0.29) is 5.75 Å². The summed E-state index contributed by atoms with van der Waals surface area (Å²) in [5.41, 5.74) is 6.51. The average Bonchev–Trinajstić information content (AvgIpc) is 3.19. The number of fused-ring (bicyclic) bond motifs is 1. The molecular weight excluding hydrogens is 399 g/mol. The number of primary amides is 1. The molecule has 1 aromatic carbocycles. The quantitative estimate of drug-likeness (QED) is 0.500. The molecule has 2 aromatic heterocycles. The van der Waals surface area contributed by atoms with E-state index in [0.717, 1.165) is 0 Å². The monoisotopic (exact) mass is 418 g/mol. The van der Waals surface area contributed by atoms with Gasteiger partial charge in [0, 0.05) is 6.07 Å². The lowest BCUT2D eigenvalue weighted by molar-refractivity contribution is -0.00860. The number of thiophene rings is 1. The van der Waals surface area contributed by atoms with Crippen LogP contribution in [0.5, 0.6) is 5.75 Å². The highest BCUT2D eigenvalue weighted by Crippen LogP contribution is 2.37. The van der Waals surface area contributed by atoms with Crippen LogP contribution in [0.2, 0.25) is 0 Å². The topological polar surface area (TPSA) is 131 Å². The maximum Gasteiger partial charge on any atom is 0.259 e. The summed E-state index contributed by atoms with van der Waals surface area (Å²) in [5, 5.41) is 23.5. The van der Waals surface area contributed by atoms with E-state index in [1.807, 2.05) is 0 Å². The van der Waals surface area contributed by atoms with E-state index in [0.29, 0.717) is 45.0 Å². The highest BCUT2D eigenvalue weighted by molar-refractivity contribution is 7.20. The zero-order valence-corrected chi connectivity index (χ0v) is 16.2. The third-order valence-electron chi connectivity index (χ3n) is 4.95. The molecule has 8 nitrogen and oxygen atoms in total. The van der Waals surface area contributed by atoms with Crippen LogP contribution in [0.25, 0.3) is 10.2 Å². The summed E-state index contributed by atoms with van der Waals surface area (Å²) in [7, 11) is 0. The summed E-state index contributed by atoms with van der Waals surface area (Å²) in [6.07, 6.45) is -0.363. The fraction of sp³-hybridized carbons (Fsp3) is 0.316. The summed E-state index contributed by atoms with van der Waals surface area (Å²) in [5.74, 6) is -0.456. The molecule has 10 heteroatoms. The van der Waals surface area contributed by atoms with Crippen molar-refractivity contribution in [3.05, 3.63) is 40.8 Å². The number of carbonyl (C=O) groups is 1. The van der Waals surface area contributed by atoms with Crippen molar-refractivity contribution in [2.75, 3.05) is 5.32 Å². The van der Waals surface area contributed by atoms with Crippen molar-refractivity contribution < 1.29 is 24.1 Å². The average molecular weight is 418 g/mol. The molecule has 2 heterocycles. The van der Waals surface area contributed by atoms with E-state index in [1.165, 1.54) is 35.9 Å². The Bertz CT molecular complexity index is 1090. The molecule has 0 aliphatic heterocycles. The fourth-order valence-electron chi connectivity index (χ4n) is 3.44. The number of nitrogens with one attached hydrogen (secondary N) is 1. The number of ether oxygens (including phenoxy) is 1. The van der Waals surface area contributed by atoms with Gasteiger partial charge >= 0.3 is 0 Å². The highest BCUT2D eigenvalue weighted by atomic mass is 32.1. The first-order valence-corrected chi connectivity index (χ1v) is 9.80. The number of aryl methyl sites for hydroxylation is 1. The van der Waals surface area contributed by atoms with Crippen LogP contribution < -0.4 is 15.8 Å². The molecule has 1 aliphatic carbocycles. The fourth-order valence-corrected chi connectivity index (χ4v) is 4.44. The zero-order chi connectivity index (χ0) is 20.7. The number of aromatic nitrogens is 2. The standard InChI is InChI=1S/C19H19FN4O4S/c1-8-14-18(22-7-23-19(14)29-16(8)17(21)27)24-10-3-2-9(20)6-13(10)28-12-5-4-11(25)15(12)26/h2-3,6-7,11-12,15,25-26H,4-5H2,1H3,(H2,21,27)(H,22,23,24)/t11-,12?,15-/m1/s1. The number of carbonyl (C=O) groups excluding carboxylic acids is 1. The normalized spacial score (nSPS) is 21.4. The number of hydrogen-bond donors (Lipinski definition) is 4. The summed E-state index contributed by atoms with van der Waals surface area (Å²) >= 11 is 1.17. The van der Waals surface area contributed by atoms with Gasteiger partial charge in [0.2, 0.25) is 0 Å². The predicted molar refractivity (Wildman–Crippen MR) is 106 cm³/mol. The molecule has 3 atom stereocenters. The second-order valence-corrected chi connectivity index (χ2v) is 7.88. The molecular formula is C19H19FN4O4S. The Kier molecular flexibility index (Phi) is 5.07. The first-order chi connectivity index (χ1) is 13.8. The molecule has 0 radical (unpaired) electrons. The van der Waals surface area contributed by atoms with E-state index in [2.05, 4.69) is 15.3 Å². The van der Waals surface area contributed by atoms with Gasteiger partial charge < -0.3 is 26.0 Å². The minimum absolute atomic E-state index is 0.179. The largest absolute Gasteiger partial charge is 0.485 e. The first-order valence-electron chi connectivity index (χ1n) is 8.98. The van der Waals surface area contributed by atoms with Crippen molar-refractivity contribution in [3.63, 3.8) is 0 Å². The third kappa shape index (κ3) is 3.61. The number of halogens is 1. The van der Waals surface area contributed by atoms with E-state index >= 15 is 0 Å². The van der Waals surface area contributed by atoms with Crippen LogP contribution in [0, 0.1) is 12.7 Å². The molecule has 1 saturated carbocycles. The molecule has 29 heavy (non-hydrogen) atoms. The summed E-state index contributed by atoms with van der Waals surface area (Å²) in [6, 6.07) is 3.96. The molecule has 1 fully saturated rings. The molecule has 0 bridgehead atoms. The Hall–Kier alpha value is -2.82. The predicted octanol–water partition coefficient (Wildman–Crippen LogP) is 2.24. The highest BCUT2D eigenvalue weighted by Gasteiger charge is 2.35. The van der Waals surface area contributed by atoms with Crippen molar-refractivity contribution in [1.29, 1.82) is 0 Å². The number of anilines is 2. The zero-order valence-electron chi connectivity index (χ0n) is 15.4.